The number of amides is 1. The summed E-state index contributed by atoms with van der Waals surface area (Å²) in [7, 11) is 0. The molecule has 98 valence electrons. The van der Waals surface area contributed by atoms with Crippen molar-refractivity contribution in [3.63, 3.8) is 0 Å². The fourth-order valence-corrected chi connectivity index (χ4v) is 2.95. The van der Waals surface area contributed by atoms with Gasteiger partial charge in [0.1, 0.15) is 0 Å². The molecule has 3 nitrogen and oxygen atoms in total. The summed E-state index contributed by atoms with van der Waals surface area (Å²) in [5.74, 6) is 0.565. The molecular formula is C14H18BrNO2. The number of rotatable bonds is 3. The third kappa shape index (κ3) is 2.93. The van der Waals surface area contributed by atoms with Crippen LogP contribution in [0.25, 0.3) is 0 Å². The van der Waals surface area contributed by atoms with E-state index in [4.69, 9.17) is 5.11 Å². The highest BCUT2D eigenvalue weighted by molar-refractivity contribution is 9.10. The fraction of sp³-hybridized carbons (Fsp3) is 0.500. The van der Waals surface area contributed by atoms with Crippen LogP contribution in [0.15, 0.2) is 22.7 Å². The third-order valence-electron chi connectivity index (χ3n) is 3.53. The molecule has 0 aliphatic carbocycles. The third-order valence-corrected chi connectivity index (χ3v) is 4.02. The molecule has 1 amide bonds. The molecule has 1 unspecified atom stereocenters. The highest BCUT2D eigenvalue weighted by Gasteiger charge is 2.27. The number of benzene rings is 1. The summed E-state index contributed by atoms with van der Waals surface area (Å²) < 4.78 is 0.996. The normalized spacial score (nSPS) is 19.3. The minimum Gasteiger partial charge on any atom is -0.396 e. The molecular weight excluding hydrogens is 294 g/mol. The van der Waals surface area contributed by atoms with E-state index in [1.54, 1.807) is 0 Å². The van der Waals surface area contributed by atoms with Crippen molar-refractivity contribution in [2.75, 3.05) is 19.7 Å². The molecule has 1 aromatic rings. The standard InChI is InChI=1S/C14H18BrNO2/c1-10-8-12(15)2-3-13(10)14(18)16-6-4-11(9-16)5-7-17/h2-3,8,11,17H,4-7,9H2,1H3. The quantitative estimate of drug-likeness (QED) is 0.932. The van der Waals surface area contributed by atoms with Crippen molar-refractivity contribution in [3.8, 4) is 0 Å². The van der Waals surface area contributed by atoms with Gasteiger partial charge in [-0.3, -0.25) is 4.79 Å². The summed E-state index contributed by atoms with van der Waals surface area (Å²) in [4.78, 5) is 14.3. The first-order chi connectivity index (χ1) is 8.61. The second kappa shape index (κ2) is 5.85. The minimum absolute atomic E-state index is 0.112. The van der Waals surface area contributed by atoms with Gasteiger partial charge in [-0.15, -0.1) is 0 Å². The Morgan fingerprint density at radius 2 is 2.33 bits per heavy atom. The molecule has 0 aromatic heterocycles. The van der Waals surface area contributed by atoms with Crippen LogP contribution in [0.2, 0.25) is 0 Å². The van der Waals surface area contributed by atoms with Crippen LogP contribution in [-0.2, 0) is 0 Å². The van der Waals surface area contributed by atoms with Crippen LogP contribution in [0.4, 0.5) is 0 Å². The first kappa shape index (κ1) is 13.6. The Balaban J connectivity index is 2.08. The van der Waals surface area contributed by atoms with Crippen LogP contribution >= 0.6 is 15.9 Å². The fourth-order valence-electron chi connectivity index (χ4n) is 2.47. The van der Waals surface area contributed by atoms with Gasteiger partial charge in [0.15, 0.2) is 0 Å². The molecule has 1 atom stereocenters. The monoisotopic (exact) mass is 311 g/mol. The number of hydrogen-bond acceptors (Lipinski definition) is 2. The molecule has 1 saturated heterocycles. The van der Waals surface area contributed by atoms with Crippen LogP contribution < -0.4 is 0 Å². The van der Waals surface area contributed by atoms with E-state index in [2.05, 4.69) is 15.9 Å². The Hall–Kier alpha value is -0.870. The van der Waals surface area contributed by atoms with E-state index in [0.717, 1.165) is 41.5 Å². The van der Waals surface area contributed by atoms with E-state index < -0.39 is 0 Å². The van der Waals surface area contributed by atoms with E-state index in [1.807, 2.05) is 30.0 Å². The lowest BCUT2D eigenvalue weighted by Gasteiger charge is -2.17. The SMILES string of the molecule is Cc1cc(Br)ccc1C(=O)N1CCC(CCO)C1. The van der Waals surface area contributed by atoms with Gasteiger partial charge in [-0.2, -0.15) is 0 Å². The topological polar surface area (TPSA) is 40.5 Å². The second-order valence-electron chi connectivity index (χ2n) is 4.88. The number of carbonyl (C=O) groups is 1. The molecule has 0 spiro atoms. The molecule has 0 radical (unpaired) electrons. The van der Waals surface area contributed by atoms with Gasteiger partial charge in [-0.25, -0.2) is 0 Å². The first-order valence-corrected chi connectivity index (χ1v) is 7.07. The van der Waals surface area contributed by atoms with Gasteiger partial charge in [-0.1, -0.05) is 15.9 Å². The Labute approximate surface area is 116 Å². The van der Waals surface area contributed by atoms with Crippen molar-refractivity contribution in [1.82, 2.24) is 4.90 Å². The number of aliphatic hydroxyl groups excluding tert-OH is 1. The number of nitrogens with zero attached hydrogens (tertiary/aromatic N) is 1. The largest absolute Gasteiger partial charge is 0.396 e. The van der Waals surface area contributed by atoms with Crippen molar-refractivity contribution in [1.29, 1.82) is 0 Å². The Morgan fingerprint density at radius 1 is 1.56 bits per heavy atom. The van der Waals surface area contributed by atoms with Gasteiger partial charge in [-0.05, 0) is 49.4 Å². The molecule has 1 heterocycles. The number of likely N-dealkylation sites (tertiary alicyclic amines) is 1. The molecule has 0 saturated carbocycles. The van der Waals surface area contributed by atoms with Gasteiger partial charge < -0.3 is 10.0 Å². The number of aliphatic hydroxyl groups is 1. The minimum atomic E-state index is 0.112. The summed E-state index contributed by atoms with van der Waals surface area (Å²) in [6.07, 6.45) is 1.80. The molecule has 18 heavy (non-hydrogen) atoms. The maximum Gasteiger partial charge on any atom is 0.254 e. The summed E-state index contributed by atoms with van der Waals surface area (Å²) >= 11 is 3.41. The zero-order valence-corrected chi connectivity index (χ0v) is 12.1. The summed E-state index contributed by atoms with van der Waals surface area (Å²) in [5, 5.41) is 8.93. The van der Waals surface area contributed by atoms with Crippen LogP contribution in [-0.4, -0.2) is 35.6 Å². The van der Waals surface area contributed by atoms with Gasteiger partial charge >= 0.3 is 0 Å². The maximum atomic E-state index is 12.4. The number of hydrogen-bond donors (Lipinski definition) is 1. The van der Waals surface area contributed by atoms with Crippen molar-refractivity contribution < 1.29 is 9.90 Å². The number of halogens is 1. The van der Waals surface area contributed by atoms with E-state index in [-0.39, 0.29) is 12.5 Å². The van der Waals surface area contributed by atoms with Crippen LogP contribution in [0.1, 0.15) is 28.8 Å². The molecule has 1 aliphatic rings. The maximum absolute atomic E-state index is 12.4. The van der Waals surface area contributed by atoms with Crippen molar-refractivity contribution in [2.45, 2.75) is 19.8 Å². The van der Waals surface area contributed by atoms with Crippen LogP contribution in [0.5, 0.6) is 0 Å². The first-order valence-electron chi connectivity index (χ1n) is 6.28. The van der Waals surface area contributed by atoms with Gasteiger partial charge in [0.05, 0.1) is 0 Å². The lowest BCUT2D eigenvalue weighted by atomic mass is 10.1. The lowest BCUT2D eigenvalue weighted by Crippen LogP contribution is -2.29. The number of carbonyl (C=O) groups excluding carboxylic acids is 1. The zero-order valence-electron chi connectivity index (χ0n) is 10.5. The summed E-state index contributed by atoms with van der Waals surface area (Å²) in [5.41, 5.74) is 1.78. The van der Waals surface area contributed by atoms with Gasteiger partial charge in [0, 0.05) is 29.7 Å². The predicted molar refractivity (Wildman–Crippen MR) is 74.6 cm³/mol. The average Bonchev–Trinajstić information content (AvgIpc) is 2.77. The van der Waals surface area contributed by atoms with E-state index in [9.17, 15) is 4.79 Å². The van der Waals surface area contributed by atoms with Crippen LogP contribution in [0.3, 0.4) is 0 Å². The lowest BCUT2D eigenvalue weighted by molar-refractivity contribution is 0.0784. The molecule has 1 aliphatic heterocycles. The average molecular weight is 312 g/mol. The molecule has 4 heteroatoms. The van der Waals surface area contributed by atoms with E-state index in [0.29, 0.717) is 5.92 Å². The molecule has 0 bridgehead atoms. The highest BCUT2D eigenvalue weighted by atomic mass is 79.9. The molecule has 2 rings (SSSR count). The molecule has 1 N–H and O–H groups in total. The zero-order chi connectivity index (χ0) is 13.1. The van der Waals surface area contributed by atoms with Crippen molar-refractivity contribution >= 4 is 21.8 Å². The molecule has 1 aromatic carbocycles. The summed E-state index contributed by atoms with van der Waals surface area (Å²) in [6, 6.07) is 5.75. The Kier molecular flexibility index (Phi) is 4.40. The van der Waals surface area contributed by atoms with Crippen LogP contribution in [0, 0.1) is 12.8 Å². The van der Waals surface area contributed by atoms with Gasteiger partial charge in [0.25, 0.3) is 5.91 Å². The Bertz CT molecular complexity index is 447. The predicted octanol–water partition coefficient (Wildman–Crippen LogP) is 2.60. The Morgan fingerprint density at radius 3 is 3.00 bits per heavy atom. The van der Waals surface area contributed by atoms with E-state index in [1.165, 1.54) is 0 Å². The molecule has 1 fully saturated rings. The van der Waals surface area contributed by atoms with E-state index >= 15 is 0 Å². The number of aryl methyl sites for hydroxylation is 1. The van der Waals surface area contributed by atoms with Gasteiger partial charge in [0.2, 0.25) is 0 Å². The highest BCUT2D eigenvalue weighted by Crippen LogP contribution is 2.23. The summed E-state index contributed by atoms with van der Waals surface area (Å²) in [6.45, 7) is 3.75. The van der Waals surface area contributed by atoms with Crippen molar-refractivity contribution in [3.05, 3.63) is 33.8 Å². The second-order valence-corrected chi connectivity index (χ2v) is 5.79. The van der Waals surface area contributed by atoms with Crippen molar-refractivity contribution in [2.24, 2.45) is 5.92 Å². The smallest absolute Gasteiger partial charge is 0.254 e.